The van der Waals surface area contributed by atoms with Gasteiger partial charge in [-0.05, 0) is 11.1 Å². The van der Waals surface area contributed by atoms with Crippen LogP contribution in [-0.4, -0.2) is 32.8 Å². The van der Waals surface area contributed by atoms with Crippen molar-refractivity contribution in [1.29, 1.82) is 0 Å². The van der Waals surface area contributed by atoms with Crippen molar-refractivity contribution in [2.24, 2.45) is 5.92 Å². The van der Waals surface area contributed by atoms with Crippen molar-refractivity contribution < 1.29 is 14.3 Å². The van der Waals surface area contributed by atoms with E-state index in [0.29, 0.717) is 19.8 Å². The van der Waals surface area contributed by atoms with Crippen LogP contribution in [0.5, 0.6) is 0 Å². The van der Waals surface area contributed by atoms with Crippen LogP contribution in [0.3, 0.4) is 0 Å². The van der Waals surface area contributed by atoms with E-state index >= 15 is 0 Å². The lowest BCUT2D eigenvalue weighted by Crippen LogP contribution is -2.46. The molecular formula is C14H17NO3. The minimum absolute atomic E-state index is 0.152. The van der Waals surface area contributed by atoms with E-state index in [1.807, 2.05) is 12.1 Å². The molecular weight excluding hydrogens is 230 g/mol. The van der Waals surface area contributed by atoms with Crippen LogP contribution in [0, 0.1) is 5.92 Å². The lowest BCUT2D eigenvalue weighted by Gasteiger charge is -2.38. The van der Waals surface area contributed by atoms with Crippen LogP contribution in [0.2, 0.25) is 0 Å². The molecule has 0 aromatic heterocycles. The van der Waals surface area contributed by atoms with Crippen molar-refractivity contribution in [2.75, 3.05) is 26.8 Å². The molecule has 2 atom stereocenters. The topological polar surface area (TPSA) is 47.6 Å². The summed E-state index contributed by atoms with van der Waals surface area (Å²) < 4.78 is 10.7. The Morgan fingerprint density at radius 3 is 3.17 bits per heavy atom. The summed E-state index contributed by atoms with van der Waals surface area (Å²) in [4.78, 5) is 12.0. The van der Waals surface area contributed by atoms with Gasteiger partial charge in [-0.15, -0.1) is 0 Å². The molecule has 96 valence electrons. The number of ether oxygens (including phenoxy) is 2. The van der Waals surface area contributed by atoms with Crippen molar-refractivity contribution in [3.05, 3.63) is 35.4 Å². The van der Waals surface area contributed by atoms with Gasteiger partial charge < -0.3 is 14.8 Å². The smallest absolute Gasteiger partial charge is 0.311 e. The molecule has 4 nitrogen and oxygen atoms in total. The van der Waals surface area contributed by atoms with Gasteiger partial charge in [-0.1, -0.05) is 24.3 Å². The Bertz CT molecular complexity index is 474. The van der Waals surface area contributed by atoms with Crippen molar-refractivity contribution >= 4 is 5.97 Å². The van der Waals surface area contributed by atoms with Crippen LogP contribution in [-0.2, 0) is 26.3 Å². The SMILES string of the molecule is COC(=O)C1CNCC12COCc1ccccc12. The number of carbonyl (C=O) groups excluding carboxylic acids is 1. The molecule has 1 fully saturated rings. The predicted molar refractivity (Wildman–Crippen MR) is 66.2 cm³/mol. The van der Waals surface area contributed by atoms with Gasteiger partial charge in [0.1, 0.15) is 0 Å². The van der Waals surface area contributed by atoms with Crippen LogP contribution in [0.4, 0.5) is 0 Å². The highest BCUT2D eigenvalue weighted by Gasteiger charge is 2.51. The van der Waals surface area contributed by atoms with Gasteiger partial charge >= 0.3 is 5.97 Å². The lowest BCUT2D eigenvalue weighted by molar-refractivity contribution is -0.148. The van der Waals surface area contributed by atoms with Gasteiger partial charge in [0, 0.05) is 18.5 Å². The molecule has 2 aliphatic heterocycles. The van der Waals surface area contributed by atoms with Gasteiger partial charge in [0.25, 0.3) is 0 Å². The second kappa shape index (κ2) is 4.37. The zero-order valence-electron chi connectivity index (χ0n) is 10.4. The van der Waals surface area contributed by atoms with Gasteiger partial charge in [-0.2, -0.15) is 0 Å². The molecule has 0 aliphatic carbocycles. The molecule has 1 aromatic carbocycles. The fourth-order valence-electron chi connectivity index (χ4n) is 3.20. The normalized spacial score (nSPS) is 30.2. The minimum atomic E-state index is -0.262. The first-order chi connectivity index (χ1) is 8.78. The Kier molecular flexibility index (Phi) is 2.84. The van der Waals surface area contributed by atoms with Crippen LogP contribution >= 0.6 is 0 Å². The number of hydrogen-bond donors (Lipinski definition) is 1. The summed E-state index contributed by atoms with van der Waals surface area (Å²) in [5.74, 6) is -0.316. The molecule has 0 radical (unpaired) electrons. The highest BCUT2D eigenvalue weighted by Crippen LogP contribution is 2.41. The average Bonchev–Trinajstić information content (AvgIpc) is 2.83. The molecule has 1 N–H and O–H groups in total. The van der Waals surface area contributed by atoms with Crippen molar-refractivity contribution in [3.63, 3.8) is 0 Å². The number of methoxy groups -OCH3 is 1. The first kappa shape index (κ1) is 11.7. The van der Waals surface area contributed by atoms with Crippen molar-refractivity contribution in [3.8, 4) is 0 Å². The maximum atomic E-state index is 12.0. The van der Waals surface area contributed by atoms with Crippen LogP contribution in [0.1, 0.15) is 11.1 Å². The molecule has 2 unspecified atom stereocenters. The van der Waals surface area contributed by atoms with Crippen LogP contribution in [0.25, 0.3) is 0 Å². The Morgan fingerprint density at radius 1 is 1.50 bits per heavy atom. The average molecular weight is 247 g/mol. The molecule has 4 heteroatoms. The van der Waals surface area contributed by atoms with E-state index in [1.165, 1.54) is 18.2 Å². The molecule has 1 saturated heterocycles. The molecule has 18 heavy (non-hydrogen) atoms. The van der Waals surface area contributed by atoms with Crippen LogP contribution < -0.4 is 5.32 Å². The van der Waals surface area contributed by atoms with E-state index in [4.69, 9.17) is 9.47 Å². The molecule has 1 aromatic rings. The van der Waals surface area contributed by atoms with Crippen LogP contribution in [0.15, 0.2) is 24.3 Å². The quantitative estimate of drug-likeness (QED) is 0.747. The number of rotatable bonds is 1. The molecule has 3 rings (SSSR count). The summed E-state index contributed by atoms with van der Waals surface area (Å²) in [5, 5.41) is 3.31. The summed E-state index contributed by atoms with van der Waals surface area (Å²) >= 11 is 0. The third-order valence-corrected chi connectivity index (χ3v) is 4.11. The maximum Gasteiger partial charge on any atom is 0.311 e. The van der Waals surface area contributed by atoms with Crippen molar-refractivity contribution in [2.45, 2.75) is 12.0 Å². The third kappa shape index (κ3) is 1.56. The van der Waals surface area contributed by atoms with E-state index in [-0.39, 0.29) is 17.3 Å². The van der Waals surface area contributed by atoms with Gasteiger partial charge in [-0.3, -0.25) is 4.79 Å². The number of carbonyl (C=O) groups is 1. The lowest BCUT2D eigenvalue weighted by atomic mass is 9.70. The Labute approximate surface area is 106 Å². The number of nitrogens with one attached hydrogen (secondary N) is 1. The largest absolute Gasteiger partial charge is 0.469 e. The molecule has 2 heterocycles. The number of benzene rings is 1. The van der Waals surface area contributed by atoms with E-state index in [9.17, 15) is 4.79 Å². The van der Waals surface area contributed by atoms with Gasteiger partial charge in [0.15, 0.2) is 0 Å². The number of esters is 1. The summed E-state index contributed by atoms with van der Waals surface area (Å²) in [7, 11) is 1.45. The van der Waals surface area contributed by atoms with Gasteiger partial charge in [0.2, 0.25) is 0 Å². The van der Waals surface area contributed by atoms with E-state index < -0.39 is 0 Å². The van der Waals surface area contributed by atoms with Crippen molar-refractivity contribution in [1.82, 2.24) is 5.32 Å². The number of fused-ring (bicyclic) bond motifs is 2. The van der Waals surface area contributed by atoms with Gasteiger partial charge in [-0.25, -0.2) is 0 Å². The summed E-state index contributed by atoms with van der Waals surface area (Å²) in [6, 6.07) is 8.22. The Morgan fingerprint density at radius 2 is 2.33 bits per heavy atom. The zero-order valence-corrected chi connectivity index (χ0v) is 10.4. The van der Waals surface area contributed by atoms with E-state index in [0.717, 1.165) is 6.54 Å². The summed E-state index contributed by atoms with van der Waals surface area (Å²) in [5.41, 5.74) is 2.15. The zero-order chi connectivity index (χ0) is 12.6. The van der Waals surface area contributed by atoms with E-state index in [1.54, 1.807) is 0 Å². The second-order valence-corrected chi connectivity index (χ2v) is 5.01. The Balaban J connectivity index is 2.07. The monoisotopic (exact) mass is 247 g/mol. The molecule has 0 bridgehead atoms. The van der Waals surface area contributed by atoms with E-state index in [2.05, 4.69) is 17.4 Å². The predicted octanol–water partition coefficient (Wildman–Crippen LogP) is 0.847. The first-order valence-electron chi connectivity index (χ1n) is 6.22. The fourth-order valence-corrected chi connectivity index (χ4v) is 3.20. The molecule has 1 spiro atoms. The summed E-state index contributed by atoms with van der Waals surface area (Å²) in [6.45, 7) is 2.64. The highest BCUT2D eigenvalue weighted by molar-refractivity contribution is 5.76. The molecule has 0 saturated carbocycles. The second-order valence-electron chi connectivity index (χ2n) is 5.01. The standard InChI is InChI=1S/C14H17NO3/c1-17-13(16)12-6-15-8-14(12)9-18-7-10-4-2-3-5-11(10)14/h2-5,12,15H,6-9H2,1H3. The number of hydrogen-bond acceptors (Lipinski definition) is 4. The summed E-state index contributed by atoms with van der Waals surface area (Å²) in [6.07, 6.45) is 0. The fraction of sp³-hybridized carbons (Fsp3) is 0.500. The first-order valence-corrected chi connectivity index (χ1v) is 6.22. The van der Waals surface area contributed by atoms with Gasteiger partial charge in [0.05, 0.1) is 26.2 Å². The third-order valence-electron chi connectivity index (χ3n) is 4.11. The highest BCUT2D eigenvalue weighted by atomic mass is 16.5. The minimum Gasteiger partial charge on any atom is -0.469 e. The Hall–Kier alpha value is -1.39. The molecule has 0 amide bonds. The molecule has 2 aliphatic rings. The maximum absolute atomic E-state index is 12.0.